The maximum Gasteiger partial charge on any atom is 0.338 e. The van der Waals surface area contributed by atoms with Crippen molar-refractivity contribution in [1.29, 1.82) is 0 Å². The number of benzene rings is 2. The third-order valence-corrected chi connectivity index (χ3v) is 5.79. The second-order valence-electron chi connectivity index (χ2n) is 5.67. The zero-order valence-electron chi connectivity index (χ0n) is 14.2. The highest BCUT2D eigenvalue weighted by Crippen LogP contribution is 2.36. The minimum absolute atomic E-state index is 0.150. The van der Waals surface area contributed by atoms with Gasteiger partial charge in [-0.1, -0.05) is 83.0 Å². The number of hydrogen-bond acceptors (Lipinski definition) is 3. The third kappa shape index (κ3) is 4.79. The van der Waals surface area contributed by atoms with Crippen LogP contribution < -0.4 is 9.62 Å². The van der Waals surface area contributed by atoms with E-state index in [1.54, 1.807) is 29.1 Å². The summed E-state index contributed by atoms with van der Waals surface area (Å²) in [5, 5.41) is 3.48. The number of hydrogen-bond donors (Lipinski definition) is 2. The minimum Gasteiger partial charge on any atom is -0.318 e. The molecule has 11 heteroatoms. The van der Waals surface area contributed by atoms with Crippen molar-refractivity contribution in [1.82, 2.24) is 9.88 Å². The molecule has 0 spiro atoms. The summed E-state index contributed by atoms with van der Waals surface area (Å²) in [6.45, 7) is 0. The Kier molecular flexibility index (Phi) is 6.94. The van der Waals surface area contributed by atoms with Crippen molar-refractivity contribution < 1.29 is 9.59 Å². The summed E-state index contributed by atoms with van der Waals surface area (Å²) in [6, 6.07) is 8.42. The first-order valence-corrected chi connectivity index (χ1v) is 10.1. The van der Waals surface area contributed by atoms with Crippen LogP contribution in [0.4, 0.5) is 10.5 Å². The number of rotatable bonds is 3. The van der Waals surface area contributed by atoms with Gasteiger partial charge in [-0.3, -0.25) is 10.1 Å². The molecule has 1 heterocycles. The molecule has 0 radical (unpaired) electrons. The summed E-state index contributed by atoms with van der Waals surface area (Å²) in [4.78, 5) is 24.7. The summed E-state index contributed by atoms with van der Waals surface area (Å²) >= 11 is 34.7. The predicted molar refractivity (Wildman–Crippen MR) is 122 cm³/mol. The van der Waals surface area contributed by atoms with Gasteiger partial charge in [0.2, 0.25) is 0 Å². The highest BCUT2D eigenvalue weighted by Gasteiger charge is 2.21. The Bertz CT molecular complexity index is 1080. The average molecular weight is 510 g/mol. The quantitative estimate of drug-likeness (QED) is 0.376. The van der Waals surface area contributed by atoms with Crippen LogP contribution in [0.1, 0.15) is 10.4 Å². The maximum atomic E-state index is 12.4. The first kappa shape index (κ1) is 22.2. The van der Waals surface area contributed by atoms with Crippen molar-refractivity contribution in [3.63, 3.8) is 0 Å². The van der Waals surface area contributed by atoms with Crippen molar-refractivity contribution in [2.45, 2.75) is 0 Å². The Balaban J connectivity index is 1.84. The number of nitrogens with zero attached hydrogens (tertiary/aromatic N) is 2. The highest BCUT2D eigenvalue weighted by molar-refractivity contribution is 7.82. The van der Waals surface area contributed by atoms with E-state index < -0.39 is 11.9 Å². The first-order chi connectivity index (χ1) is 13.7. The summed E-state index contributed by atoms with van der Waals surface area (Å²) in [5.41, 5.74) is 0.804. The molecule has 0 unspecified atom stereocenters. The molecule has 0 aliphatic carbocycles. The van der Waals surface area contributed by atoms with E-state index in [0.717, 1.165) is 4.31 Å². The van der Waals surface area contributed by atoms with Gasteiger partial charge >= 0.3 is 6.03 Å². The lowest BCUT2D eigenvalue weighted by Gasteiger charge is -2.18. The average Bonchev–Trinajstić information content (AvgIpc) is 2.98. The SMILES string of the molecule is O=C(NC(=O)N(S)c1cc(Cl)c(-n2cc(Cl)c(Cl)c2)c(Cl)c1)c1ccccc1Cl. The first-order valence-electron chi connectivity index (χ1n) is 7.80. The predicted octanol–water partition coefficient (Wildman–Crippen LogP) is 6.95. The van der Waals surface area contributed by atoms with Gasteiger partial charge in [-0.25, -0.2) is 9.10 Å². The number of anilines is 1. The van der Waals surface area contributed by atoms with Crippen LogP contribution in [0.2, 0.25) is 25.1 Å². The van der Waals surface area contributed by atoms with Gasteiger partial charge in [-0.15, -0.1) is 0 Å². The summed E-state index contributed by atoms with van der Waals surface area (Å²) < 4.78 is 2.45. The van der Waals surface area contributed by atoms with Crippen LogP contribution in [-0.4, -0.2) is 16.5 Å². The molecule has 3 amide bonds. The van der Waals surface area contributed by atoms with Crippen LogP contribution in [0, 0.1) is 0 Å². The fourth-order valence-electron chi connectivity index (χ4n) is 2.44. The van der Waals surface area contributed by atoms with E-state index in [4.69, 9.17) is 58.0 Å². The zero-order chi connectivity index (χ0) is 21.3. The normalized spacial score (nSPS) is 10.7. The molecule has 29 heavy (non-hydrogen) atoms. The van der Waals surface area contributed by atoms with Crippen LogP contribution in [0.5, 0.6) is 0 Å². The molecule has 3 rings (SSSR count). The van der Waals surface area contributed by atoms with Crippen molar-refractivity contribution in [3.05, 3.63) is 79.5 Å². The third-order valence-electron chi connectivity index (χ3n) is 3.77. The summed E-state index contributed by atoms with van der Waals surface area (Å²) in [5.74, 6) is -0.676. The fraction of sp³-hybridized carbons (Fsp3) is 0. The summed E-state index contributed by atoms with van der Waals surface area (Å²) in [7, 11) is 0. The van der Waals surface area contributed by atoms with Gasteiger partial charge in [0.1, 0.15) is 0 Å². The second-order valence-corrected chi connectivity index (χ2v) is 8.11. The Labute approximate surface area is 196 Å². The Morgan fingerprint density at radius 3 is 1.97 bits per heavy atom. The van der Waals surface area contributed by atoms with Crippen LogP contribution in [-0.2, 0) is 0 Å². The molecule has 1 aromatic heterocycles. The molecule has 1 N–H and O–H groups in total. The number of carbonyl (C=O) groups excluding carboxylic acids is 2. The molecule has 0 aliphatic rings. The Morgan fingerprint density at radius 1 is 0.862 bits per heavy atom. The van der Waals surface area contributed by atoms with Gasteiger partial charge in [-0.2, -0.15) is 0 Å². The van der Waals surface area contributed by atoms with E-state index in [-0.39, 0.29) is 26.3 Å². The number of amides is 3. The van der Waals surface area contributed by atoms with E-state index in [2.05, 4.69) is 18.1 Å². The number of aromatic nitrogens is 1. The molecule has 150 valence electrons. The number of urea groups is 1. The lowest BCUT2D eigenvalue weighted by molar-refractivity contribution is 0.0966. The fourth-order valence-corrected chi connectivity index (χ4v) is 3.80. The largest absolute Gasteiger partial charge is 0.338 e. The van der Waals surface area contributed by atoms with Crippen molar-refractivity contribution in [2.75, 3.05) is 4.31 Å². The lowest BCUT2D eigenvalue weighted by atomic mass is 10.2. The van der Waals surface area contributed by atoms with E-state index in [0.29, 0.717) is 15.7 Å². The van der Waals surface area contributed by atoms with Crippen molar-refractivity contribution in [2.24, 2.45) is 0 Å². The highest BCUT2D eigenvalue weighted by atomic mass is 35.5. The molecule has 2 aromatic carbocycles. The van der Waals surface area contributed by atoms with Crippen molar-refractivity contribution in [3.8, 4) is 5.69 Å². The van der Waals surface area contributed by atoms with Gasteiger partial charge < -0.3 is 4.57 Å². The van der Waals surface area contributed by atoms with Gasteiger partial charge in [0.05, 0.1) is 42.1 Å². The van der Waals surface area contributed by atoms with Gasteiger partial charge in [0.15, 0.2) is 0 Å². The number of carbonyl (C=O) groups is 2. The molecule has 0 atom stereocenters. The van der Waals surface area contributed by atoms with E-state index in [1.807, 2.05) is 0 Å². The van der Waals surface area contributed by atoms with Gasteiger partial charge in [-0.05, 0) is 24.3 Å². The number of thiol groups is 1. The minimum atomic E-state index is -0.815. The van der Waals surface area contributed by atoms with Gasteiger partial charge in [0.25, 0.3) is 5.91 Å². The zero-order valence-corrected chi connectivity index (χ0v) is 18.8. The molecular formula is C18H10Cl5N3O2S. The smallest absolute Gasteiger partial charge is 0.318 e. The van der Waals surface area contributed by atoms with E-state index in [1.165, 1.54) is 24.3 Å². The molecule has 3 aromatic rings. The number of imide groups is 1. The molecule has 0 saturated carbocycles. The summed E-state index contributed by atoms with van der Waals surface area (Å²) in [6.07, 6.45) is 3.09. The Hall–Kier alpha value is -1.54. The van der Waals surface area contributed by atoms with E-state index in [9.17, 15) is 9.59 Å². The Morgan fingerprint density at radius 2 is 1.41 bits per heavy atom. The lowest BCUT2D eigenvalue weighted by Crippen LogP contribution is -2.38. The second kappa shape index (κ2) is 9.08. The molecule has 5 nitrogen and oxygen atoms in total. The van der Waals surface area contributed by atoms with E-state index >= 15 is 0 Å². The number of halogens is 5. The molecule has 0 saturated heterocycles. The monoisotopic (exact) mass is 507 g/mol. The van der Waals surface area contributed by atoms with Crippen LogP contribution in [0.25, 0.3) is 5.69 Å². The topological polar surface area (TPSA) is 54.3 Å². The maximum absolute atomic E-state index is 12.4. The molecular weight excluding hydrogens is 500 g/mol. The van der Waals surface area contributed by atoms with Crippen LogP contribution >= 0.6 is 70.8 Å². The van der Waals surface area contributed by atoms with Crippen LogP contribution in [0.15, 0.2) is 48.8 Å². The number of nitrogens with one attached hydrogen (secondary N) is 1. The molecule has 0 fully saturated rings. The van der Waals surface area contributed by atoms with Crippen LogP contribution in [0.3, 0.4) is 0 Å². The standard InChI is InChI=1S/C18H10Cl5N3O2S/c19-11-4-2-1-3-10(11)17(27)24-18(28)26(29)9-5-12(20)16(13(21)6-9)25-7-14(22)15(23)8-25/h1-8,29H,(H,24,27,28). The van der Waals surface area contributed by atoms with Crippen molar-refractivity contribution >= 4 is 88.4 Å². The molecule has 0 bridgehead atoms. The van der Waals surface area contributed by atoms with Gasteiger partial charge in [0, 0.05) is 12.4 Å². The molecule has 0 aliphatic heterocycles.